The molecule has 1 fully saturated rings. The van der Waals surface area contributed by atoms with E-state index >= 15 is 0 Å². The van der Waals surface area contributed by atoms with Gasteiger partial charge in [0.1, 0.15) is 5.75 Å². The molecule has 0 aliphatic heterocycles. The molecule has 2 nitrogen and oxygen atoms in total. The van der Waals surface area contributed by atoms with Crippen molar-refractivity contribution in [1.29, 1.82) is 0 Å². The first-order chi connectivity index (χ1) is 7.14. The molecule has 1 aliphatic carbocycles. The number of hydrogen-bond donors (Lipinski definition) is 1. The van der Waals surface area contributed by atoms with E-state index in [1.54, 1.807) is 7.11 Å². The summed E-state index contributed by atoms with van der Waals surface area (Å²) >= 11 is 0. The molecule has 1 saturated carbocycles. The number of hydrogen-bond acceptors (Lipinski definition) is 2. The lowest BCUT2D eigenvalue weighted by Crippen LogP contribution is -2.21. The topological polar surface area (TPSA) is 29.5 Å². The van der Waals surface area contributed by atoms with Gasteiger partial charge in [0, 0.05) is 0 Å². The van der Waals surface area contributed by atoms with Crippen molar-refractivity contribution in [3.63, 3.8) is 0 Å². The minimum Gasteiger partial charge on any atom is -0.497 e. The zero-order valence-corrected chi connectivity index (χ0v) is 9.36. The highest BCUT2D eigenvalue weighted by Gasteiger charge is 2.36. The minimum atomic E-state index is -0.631. The summed E-state index contributed by atoms with van der Waals surface area (Å²) in [6.45, 7) is 2.19. The number of rotatable bonds is 2. The second-order valence-electron chi connectivity index (χ2n) is 4.61. The van der Waals surface area contributed by atoms with Gasteiger partial charge < -0.3 is 9.84 Å². The third-order valence-corrected chi connectivity index (χ3v) is 3.34. The highest BCUT2D eigenvalue weighted by molar-refractivity contribution is 5.32. The Hall–Kier alpha value is -1.02. The van der Waals surface area contributed by atoms with Crippen LogP contribution in [0.2, 0.25) is 0 Å². The lowest BCUT2D eigenvalue weighted by Gasteiger charge is -2.23. The van der Waals surface area contributed by atoms with Crippen molar-refractivity contribution in [1.82, 2.24) is 0 Å². The van der Waals surface area contributed by atoms with E-state index in [1.165, 1.54) is 0 Å². The van der Waals surface area contributed by atoms with E-state index in [1.807, 2.05) is 24.3 Å². The van der Waals surface area contributed by atoms with Crippen molar-refractivity contribution in [3.8, 4) is 5.75 Å². The van der Waals surface area contributed by atoms with E-state index in [2.05, 4.69) is 6.92 Å². The van der Waals surface area contributed by atoms with E-state index < -0.39 is 5.60 Å². The summed E-state index contributed by atoms with van der Waals surface area (Å²) in [7, 11) is 1.65. The number of ether oxygens (including phenoxy) is 1. The van der Waals surface area contributed by atoms with Crippen molar-refractivity contribution in [3.05, 3.63) is 29.8 Å². The Balaban J connectivity index is 2.28. The Bertz CT molecular complexity index is 348. The quantitative estimate of drug-likeness (QED) is 0.806. The van der Waals surface area contributed by atoms with Crippen molar-refractivity contribution in [2.24, 2.45) is 5.92 Å². The van der Waals surface area contributed by atoms with Gasteiger partial charge in [-0.25, -0.2) is 0 Å². The van der Waals surface area contributed by atoms with Crippen LogP contribution >= 0.6 is 0 Å². The summed E-state index contributed by atoms with van der Waals surface area (Å²) in [5, 5.41) is 10.5. The molecule has 0 unspecified atom stereocenters. The zero-order chi connectivity index (χ0) is 10.9. The number of methoxy groups -OCH3 is 1. The largest absolute Gasteiger partial charge is 0.497 e. The first-order valence-electron chi connectivity index (χ1n) is 5.51. The van der Waals surface area contributed by atoms with Gasteiger partial charge in [-0.15, -0.1) is 0 Å². The molecule has 0 aromatic heterocycles. The molecule has 1 aromatic carbocycles. The summed E-state index contributed by atoms with van der Waals surface area (Å²) in [5.41, 5.74) is 0.361. The predicted molar refractivity (Wildman–Crippen MR) is 59.9 cm³/mol. The molecule has 0 saturated heterocycles. The van der Waals surface area contributed by atoms with Gasteiger partial charge in [-0.1, -0.05) is 19.1 Å². The molecule has 1 aromatic rings. The molecule has 2 atom stereocenters. The molecular weight excluding hydrogens is 188 g/mol. The SMILES string of the molecule is COc1cccc([C@@]2(O)CC[C@H](C)C2)c1. The summed E-state index contributed by atoms with van der Waals surface area (Å²) < 4.78 is 5.18. The summed E-state index contributed by atoms with van der Waals surface area (Å²) in [4.78, 5) is 0. The minimum absolute atomic E-state index is 0.612. The molecule has 1 N–H and O–H groups in total. The molecular formula is C13H18O2. The zero-order valence-electron chi connectivity index (χ0n) is 9.36. The average Bonchev–Trinajstić information content (AvgIpc) is 2.60. The van der Waals surface area contributed by atoms with Crippen molar-refractivity contribution < 1.29 is 9.84 Å². The molecule has 0 heterocycles. The second-order valence-corrected chi connectivity index (χ2v) is 4.61. The van der Waals surface area contributed by atoms with Gasteiger partial charge in [0.25, 0.3) is 0 Å². The number of aliphatic hydroxyl groups is 1. The fourth-order valence-corrected chi connectivity index (χ4v) is 2.44. The van der Waals surface area contributed by atoms with Gasteiger partial charge in [-0.05, 0) is 42.9 Å². The maximum absolute atomic E-state index is 10.5. The van der Waals surface area contributed by atoms with Crippen molar-refractivity contribution >= 4 is 0 Å². The highest BCUT2D eigenvalue weighted by atomic mass is 16.5. The van der Waals surface area contributed by atoms with Crippen LogP contribution in [0.25, 0.3) is 0 Å². The fourth-order valence-electron chi connectivity index (χ4n) is 2.44. The Labute approximate surface area is 90.9 Å². The van der Waals surface area contributed by atoms with Crippen LogP contribution in [0.15, 0.2) is 24.3 Å². The first kappa shape index (κ1) is 10.5. The maximum atomic E-state index is 10.5. The molecule has 82 valence electrons. The van der Waals surface area contributed by atoms with Gasteiger partial charge in [0.05, 0.1) is 12.7 Å². The van der Waals surface area contributed by atoms with Crippen LogP contribution in [0, 0.1) is 5.92 Å². The lowest BCUT2D eigenvalue weighted by molar-refractivity contribution is 0.0406. The molecule has 0 amide bonds. The molecule has 0 spiro atoms. The standard InChI is InChI=1S/C13H18O2/c1-10-6-7-13(14,9-10)11-4-3-5-12(8-11)15-2/h3-5,8,10,14H,6-7,9H2,1-2H3/t10-,13+/m0/s1. The summed E-state index contributed by atoms with van der Waals surface area (Å²) in [6, 6.07) is 7.78. The van der Waals surface area contributed by atoms with E-state index in [0.717, 1.165) is 30.6 Å². The van der Waals surface area contributed by atoms with E-state index in [4.69, 9.17) is 4.74 Å². The van der Waals surface area contributed by atoms with Crippen LogP contribution in [0.4, 0.5) is 0 Å². The van der Waals surface area contributed by atoms with Crippen LogP contribution in [-0.2, 0) is 5.60 Å². The Morgan fingerprint density at radius 3 is 2.87 bits per heavy atom. The summed E-state index contributed by atoms with van der Waals surface area (Å²) in [6.07, 6.45) is 2.83. The van der Waals surface area contributed by atoms with Gasteiger partial charge in [0.2, 0.25) is 0 Å². The smallest absolute Gasteiger partial charge is 0.119 e. The molecule has 15 heavy (non-hydrogen) atoms. The molecule has 2 heteroatoms. The van der Waals surface area contributed by atoms with Gasteiger partial charge in [0.15, 0.2) is 0 Å². The van der Waals surface area contributed by atoms with Crippen LogP contribution < -0.4 is 4.74 Å². The van der Waals surface area contributed by atoms with Crippen LogP contribution in [0.5, 0.6) is 5.75 Å². The van der Waals surface area contributed by atoms with Gasteiger partial charge >= 0.3 is 0 Å². The van der Waals surface area contributed by atoms with E-state index in [-0.39, 0.29) is 0 Å². The molecule has 0 bridgehead atoms. The van der Waals surface area contributed by atoms with Crippen LogP contribution in [0.1, 0.15) is 31.7 Å². The van der Waals surface area contributed by atoms with Crippen molar-refractivity contribution in [2.75, 3.05) is 7.11 Å². The van der Waals surface area contributed by atoms with Gasteiger partial charge in [-0.2, -0.15) is 0 Å². The molecule has 2 rings (SSSR count). The Kier molecular flexibility index (Phi) is 2.70. The van der Waals surface area contributed by atoms with Crippen molar-refractivity contribution in [2.45, 2.75) is 31.8 Å². The number of benzene rings is 1. The summed E-state index contributed by atoms with van der Waals surface area (Å²) in [5.74, 6) is 1.43. The Morgan fingerprint density at radius 2 is 2.27 bits per heavy atom. The van der Waals surface area contributed by atoms with E-state index in [0.29, 0.717) is 5.92 Å². The fraction of sp³-hybridized carbons (Fsp3) is 0.538. The second kappa shape index (κ2) is 3.86. The maximum Gasteiger partial charge on any atom is 0.119 e. The van der Waals surface area contributed by atoms with Gasteiger partial charge in [-0.3, -0.25) is 0 Å². The lowest BCUT2D eigenvalue weighted by atomic mass is 9.91. The predicted octanol–water partition coefficient (Wildman–Crippen LogP) is 2.70. The normalized spacial score (nSPS) is 30.5. The van der Waals surface area contributed by atoms with E-state index in [9.17, 15) is 5.11 Å². The first-order valence-corrected chi connectivity index (χ1v) is 5.51. The monoisotopic (exact) mass is 206 g/mol. The molecule has 1 aliphatic rings. The highest BCUT2D eigenvalue weighted by Crippen LogP contribution is 2.42. The molecule has 0 radical (unpaired) electrons. The average molecular weight is 206 g/mol. The van der Waals surface area contributed by atoms with Crippen LogP contribution in [0.3, 0.4) is 0 Å². The van der Waals surface area contributed by atoms with Crippen LogP contribution in [-0.4, -0.2) is 12.2 Å². The third-order valence-electron chi connectivity index (χ3n) is 3.34. The Morgan fingerprint density at radius 1 is 1.47 bits per heavy atom. The third kappa shape index (κ3) is 2.00.